The highest BCUT2D eigenvalue weighted by molar-refractivity contribution is 4.93. The lowest BCUT2D eigenvalue weighted by Gasteiger charge is -2.42. The lowest BCUT2D eigenvalue weighted by molar-refractivity contribution is 0.135. The second-order valence-electron chi connectivity index (χ2n) is 8.02. The molecule has 3 aliphatic rings. The van der Waals surface area contributed by atoms with Crippen LogP contribution in [0.3, 0.4) is 0 Å². The molecular weight excluding hydrogens is 230 g/mol. The number of hydrogen-bond donors (Lipinski definition) is 1. The molecule has 110 valence electrons. The summed E-state index contributed by atoms with van der Waals surface area (Å²) in [5.74, 6) is 1.81. The van der Waals surface area contributed by atoms with Gasteiger partial charge in [-0.3, -0.25) is 0 Å². The molecule has 1 nitrogen and oxygen atoms in total. The monoisotopic (exact) mass is 263 g/mol. The first kappa shape index (κ1) is 13.9. The van der Waals surface area contributed by atoms with E-state index in [2.05, 4.69) is 19.2 Å². The Balaban J connectivity index is 1.49. The molecule has 0 amide bonds. The van der Waals surface area contributed by atoms with E-state index in [9.17, 15) is 0 Å². The first-order chi connectivity index (χ1) is 9.19. The Morgan fingerprint density at radius 2 is 1.47 bits per heavy atom. The highest BCUT2D eigenvalue weighted by Crippen LogP contribution is 2.49. The molecule has 0 heterocycles. The Morgan fingerprint density at radius 3 is 2.16 bits per heavy atom. The number of nitrogens with one attached hydrogen (secondary N) is 1. The Hall–Kier alpha value is -0.0400. The molecule has 0 aromatic heterocycles. The van der Waals surface area contributed by atoms with Gasteiger partial charge in [0.05, 0.1) is 0 Å². The number of hydrogen-bond acceptors (Lipinski definition) is 1. The molecule has 3 fully saturated rings. The van der Waals surface area contributed by atoms with Gasteiger partial charge >= 0.3 is 0 Å². The molecular formula is C18H33N. The van der Waals surface area contributed by atoms with E-state index in [1.54, 1.807) is 0 Å². The van der Waals surface area contributed by atoms with E-state index in [0.717, 1.165) is 29.3 Å². The fourth-order valence-electron chi connectivity index (χ4n) is 5.14. The predicted octanol–water partition coefficient (Wildman–Crippen LogP) is 4.90. The maximum Gasteiger partial charge on any atom is 0.00978 e. The van der Waals surface area contributed by atoms with Gasteiger partial charge in [0.1, 0.15) is 0 Å². The molecule has 0 aromatic rings. The average Bonchev–Trinajstić information content (AvgIpc) is 2.86. The highest BCUT2D eigenvalue weighted by atomic mass is 15.0. The lowest BCUT2D eigenvalue weighted by Crippen LogP contribution is -2.47. The zero-order valence-corrected chi connectivity index (χ0v) is 13.1. The van der Waals surface area contributed by atoms with E-state index in [0.29, 0.717) is 0 Å². The third-order valence-corrected chi connectivity index (χ3v) is 6.87. The third-order valence-electron chi connectivity index (χ3n) is 6.87. The molecule has 0 saturated heterocycles. The lowest BCUT2D eigenvalue weighted by atomic mass is 9.70. The van der Waals surface area contributed by atoms with Crippen LogP contribution < -0.4 is 5.32 Å². The molecule has 0 aromatic carbocycles. The van der Waals surface area contributed by atoms with Crippen molar-refractivity contribution in [3.8, 4) is 0 Å². The van der Waals surface area contributed by atoms with Gasteiger partial charge in [-0.2, -0.15) is 0 Å². The third kappa shape index (κ3) is 3.01. The van der Waals surface area contributed by atoms with Gasteiger partial charge in [0.15, 0.2) is 0 Å². The summed E-state index contributed by atoms with van der Waals surface area (Å²) in [6, 6.07) is 1.65. The van der Waals surface area contributed by atoms with Crippen molar-refractivity contribution in [2.24, 2.45) is 17.3 Å². The van der Waals surface area contributed by atoms with Crippen molar-refractivity contribution in [3.05, 3.63) is 0 Å². The molecule has 1 heteroatoms. The van der Waals surface area contributed by atoms with E-state index in [-0.39, 0.29) is 0 Å². The van der Waals surface area contributed by atoms with Gasteiger partial charge < -0.3 is 5.32 Å². The highest BCUT2D eigenvalue weighted by Gasteiger charge is 2.38. The van der Waals surface area contributed by atoms with Crippen LogP contribution in [0, 0.1) is 17.3 Å². The summed E-state index contributed by atoms with van der Waals surface area (Å²) in [5, 5.41) is 4.04. The van der Waals surface area contributed by atoms with Crippen molar-refractivity contribution in [1.82, 2.24) is 5.32 Å². The molecule has 3 rings (SSSR count). The summed E-state index contributed by atoms with van der Waals surface area (Å²) in [7, 11) is 0. The summed E-state index contributed by atoms with van der Waals surface area (Å²) >= 11 is 0. The van der Waals surface area contributed by atoms with Gasteiger partial charge in [-0.25, -0.2) is 0 Å². The van der Waals surface area contributed by atoms with Crippen molar-refractivity contribution in [3.63, 3.8) is 0 Å². The van der Waals surface area contributed by atoms with Crippen LogP contribution >= 0.6 is 0 Å². The SMILES string of the molecule is CC1CCCC(NC2CCC3(CCCC3)CC2)C1C. The molecule has 0 aliphatic heterocycles. The van der Waals surface area contributed by atoms with Crippen LogP contribution in [0.25, 0.3) is 0 Å². The zero-order chi connectivity index (χ0) is 13.3. The van der Waals surface area contributed by atoms with Crippen LogP contribution in [-0.4, -0.2) is 12.1 Å². The molecule has 0 radical (unpaired) electrons. The Morgan fingerprint density at radius 1 is 0.789 bits per heavy atom. The van der Waals surface area contributed by atoms with Crippen LogP contribution in [0.5, 0.6) is 0 Å². The van der Waals surface area contributed by atoms with Gasteiger partial charge in [0.2, 0.25) is 0 Å². The number of rotatable bonds is 2. The van der Waals surface area contributed by atoms with Gasteiger partial charge in [-0.05, 0) is 62.2 Å². The van der Waals surface area contributed by atoms with Crippen LogP contribution in [0.15, 0.2) is 0 Å². The van der Waals surface area contributed by atoms with E-state index < -0.39 is 0 Å². The van der Waals surface area contributed by atoms with Gasteiger partial charge in [0.25, 0.3) is 0 Å². The minimum absolute atomic E-state index is 0.795. The topological polar surface area (TPSA) is 12.0 Å². The second kappa shape index (κ2) is 5.76. The van der Waals surface area contributed by atoms with Crippen molar-refractivity contribution < 1.29 is 0 Å². The Labute approximate surface area is 119 Å². The van der Waals surface area contributed by atoms with Crippen molar-refractivity contribution in [2.75, 3.05) is 0 Å². The summed E-state index contributed by atoms with van der Waals surface area (Å²) in [6.07, 6.45) is 16.4. The average molecular weight is 263 g/mol. The van der Waals surface area contributed by atoms with E-state index in [1.807, 2.05) is 0 Å². The van der Waals surface area contributed by atoms with Crippen molar-refractivity contribution in [1.29, 1.82) is 0 Å². The normalized spacial score (nSPS) is 39.8. The predicted molar refractivity (Wildman–Crippen MR) is 82.3 cm³/mol. The minimum Gasteiger partial charge on any atom is -0.311 e. The Kier molecular flexibility index (Phi) is 4.22. The summed E-state index contributed by atoms with van der Waals surface area (Å²) in [6.45, 7) is 4.93. The van der Waals surface area contributed by atoms with Crippen LogP contribution in [-0.2, 0) is 0 Å². The van der Waals surface area contributed by atoms with Gasteiger partial charge in [0, 0.05) is 12.1 Å². The molecule has 3 unspecified atom stereocenters. The fourth-order valence-corrected chi connectivity index (χ4v) is 5.14. The minimum atomic E-state index is 0.795. The first-order valence-corrected chi connectivity index (χ1v) is 8.95. The maximum atomic E-state index is 4.04. The second-order valence-corrected chi connectivity index (χ2v) is 8.02. The fraction of sp³-hybridized carbons (Fsp3) is 1.00. The quantitative estimate of drug-likeness (QED) is 0.747. The molecule has 0 bridgehead atoms. The molecule has 1 spiro atoms. The zero-order valence-electron chi connectivity index (χ0n) is 13.1. The van der Waals surface area contributed by atoms with Gasteiger partial charge in [-0.15, -0.1) is 0 Å². The summed E-state index contributed by atoms with van der Waals surface area (Å²) in [5.41, 5.74) is 0.795. The first-order valence-electron chi connectivity index (χ1n) is 8.95. The van der Waals surface area contributed by atoms with Crippen molar-refractivity contribution in [2.45, 2.75) is 96.6 Å². The van der Waals surface area contributed by atoms with Crippen LogP contribution in [0.2, 0.25) is 0 Å². The molecule has 1 N–H and O–H groups in total. The van der Waals surface area contributed by atoms with E-state index in [1.165, 1.54) is 70.6 Å². The summed E-state index contributed by atoms with van der Waals surface area (Å²) in [4.78, 5) is 0. The molecule has 3 atom stereocenters. The molecule has 3 saturated carbocycles. The van der Waals surface area contributed by atoms with Crippen LogP contribution in [0.4, 0.5) is 0 Å². The van der Waals surface area contributed by atoms with E-state index >= 15 is 0 Å². The summed E-state index contributed by atoms with van der Waals surface area (Å²) < 4.78 is 0. The van der Waals surface area contributed by atoms with E-state index in [4.69, 9.17) is 0 Å². The smallest absolute Gasteiger partial charge is 0.00978 e. The molecule has 19 heavy (non-hydrogen) atoms. The largest absolute Gasteiger partial charge is 0.311 e. The van der Waals surface area contributed by atoms with Crippen LogP contribution in [0.1, 0.15) is 84.5 Å². The maximum absolute atomic E-state index is 4.04. The van der Waals surface area contributed by atoms with Crippen molar-refractivity contribution >= 4 is 0 Å². The molecule has 3 aliphatic carbocycles. The Bertz CT molecular complexity index is 282. The standard InChI is InChI=1S/C18H33N/c1-14-6-5-7-17(15(14)2)19-16-8-12-18(13-9-16)10-3-4-11-18/h14-17,19H,3-13H2,1-2H3. The van der Waals surface area contributed by atoms with Gasteiger partial charge in [-0.1, -0.05) is 39.5 Å².